The first-order valence-corrected chi connectivity index (χ1v) is 7.54. The van der Waals surface area contributed by atoms with Crippen LogP contribution in [0.5, 0.6) is 0 Å². The van der Waals surface area contributed by atoms with Gasteiger partial charge in [-0.15, -0.1) is 0 Å². The van der Waals surface area contributed by atoms with Crippen molar-refractivity contribution in [2.24, 2.45) is 11.8 Å². The van der Waals surface area contributed by atoms with E-state index in [9.17, 15) is 9.59 Å². The standard InChI is InChI=1S/C15H27NO3/c1-4-6-7-12(5-2)14(17)16(13-8-9-13)10-11(3)15(18)19/h11-13H,4-10H2,1-3H3,(H,18,19). The molecule has 1 aliphatic carbocycles. The summed E-state index contributed by atoms with van der Waals surface area (Å²) in [5.74, 6) is -1.05. The van der Waals surface area contributed by atoms with Crippen LogP contribution in [0.15, 0.2) is 0 Å². The number of unbranched alkanes of at least 4 members (excludes halogenated alkanes) is 1. The summed E-state index contributed by atoms with van der Waals surface area (Å²) in [6.45, 7) is 6.21. The van der Waals surface area contributed by atoms with E-state index in [2.05, 4.69) is 6.92 Å². The molecule has 19 heavy (non-hydrogen) atoms. The highest BCUT2D eigenvalue weighted by molar-refractivity contribution is 5.80. The first kappa shape index (κ1) is 16.0. The Labute approximate surface area is 116 Å². The van der Waals surface area contributed by atoms with Crippen LogP contribution in [0, 0.1) is 11.8 Å². The Bertz CT molecular complexity index is 313. The fraction of sp³-hybridized carbons (Fsp3) is 0.867. The van der Waals surface area contributed by atoms with E-state index in [-0.39, 0.29) is 11.8 Å². The van der Waals surface area contributed by atoms with Crippen LogP contribution in [0.25, 0.3) is 0 Å². The van der Waals surface area contributed by atoms with Crippen LogP contribution in [0.1, 0.15) is 59.3 Å². The summed E-state index contributed by atoms with van der Waals surface area (Å²) in [6.07, 6.45) is 6.00. The van der Waals surface area contributed by atoms with Gasteiger partial charge in [0.25, 0.3) is 0 Å². The molecule has 0 aromatic rings. The average molecular weight is 269 g/mol. The minimum absolute atomic E-state index is 0.0709. The van der Waals surface area contributed by atoms with E-state index in [4.69, 9.17) is 5.11 Å². The minimum atomic E-state index is -0.819. The van der Waals surface area contributed by atoms with E-state index in [0.29, 0.717) is 12.6 Å². The summed E-state index contributed by atoms with van der Waals surface area (Å²) in [4.78, 5) is 25.4. The third kappa shape index (κ3) is 4.84. The third-order valence-electron chi connectivity index (χ3n) is 3.91. The van der Waals surface area contributed by atoms with Crippen molar-refractivity contribution in [1.29, 1.82) is 0 Å². The summed E-state index contributed by atoms with van der Waals surface area (Å²) in [5.41, 5.74) is 0. The van der Waals surface area contributed by atoms with Gasteiger partial charge in [0.2, 0.25) is 5.91 Å². The van der Waals surface area contributed by atoms with Crippen molar-refractivity contribution in [2.75, 3.05) is 6.54 Å². The Hall–Kier alpha value is -1.06. The molecule has 110 valence electrons. The van der Waals surface area contributed by atoms with E-state index < -0.39 is 11.9 Å². The molecule has 0 radical (unpaired) electrons. The zero-order valence-corrected chi connectivity index (χ0v) is 12.4. The summed E-state index contributed by atoms with van der Waals surface area (Å²) in [6, 6.07) is 0.296. The number of carboxylic acid groups (broad SMARTS) is 1. The molecular weight excluding hydrogens is 242 g/mol. The van der Waals surface area contributed by atoms with Gasteiger partial charge in [0.05, 0.1) is 5.92 Å². The van der Waals surface area contributed by atoms with E-state index in [1.807, 2.05) is 11.8 Å². The number of nitrogens with zero attached hydrogens (tertiary/aromatic N) is 1. The predicted octanol–water partition coefficient (Wildman–Crippen LogP) is 2.91. The van der Waals surface area contributed by atoms with Crippen LogP contribution >= 0.6 is 0 Å². The van der Waals surface area contributed by atoms with Crippen LogP contribution in [-0.4, -0.2) is 34.5 Å². The van der Waals surface area contributed by atoms with Gasteiger partial charge in [0.15, 0.2) is 0 Å². The van der Waals surface area contributed by atoms with Gasteiger partial charge < -0.3 is 10.0 Å². The zero-order chi connectivity index (χ0) is 14.4. The largest absolute Gasteiger partial charge is 0.481 e. The van der Waals surface area contributed by atoms with Gasteiger partial charge in [-0.3, -0.25) is 9.59 Å². The molecule has 0 aromatic carbocycles. The lowest BCUT2D eigenvalue weighted by Crippen LogP contribution is -2.41. The summed E-state index contributed by atoms with van der Waals surface area (Å²) in [5, 5.41) is 9.01. The lowest BCUT2D eigenvalue weighted by atomic mass is 9.97. The maximum absolute atomic E-state index is 12.6. The van der Waals surface area contributed by atoms with Crippen molar-refractivity contribution in [3.8, 4) is 0 Å². The number of carbonyl (C=O) groups excluding carboxylic acids is 1. The van der Waals surface area contributed by atoms with Crippen molar-refractivity contribution in [2.45, 2.75) is 65.3 Å². The molecule has 2 atom stereocenters. The fourth-order valence-electron chi connectivity index (χ4n) is 2.37. The van der Waals surface area contributed by atoms with Crippen molar-refractivity contribution < 1.29 is 14.7 Å². The van der Waals surface area contributed by atoms with Crippen molar-refractivity contribution in [3.05, 3.63) is 0 Å². The fourth-order valence-corrected chi connectivity index (χ4v) is 2.37. The first-order valence-electron chi connectivity index (χ1n) is 7.54. The first-order chi connectivity index (χ1) is 9.01. The zero-order valence-electron chi connectivity index (χ0n) is 12.4. The number of hydrogen-bond donors (Lipinski definition) is 1. The number of aliphatic carboxylic acids is 1. The average Bonchev–Trinajstić information content (AvgIpc) is 3.20. The van der Waals surface area contributed by atoms with Crippen LogP contribution in [-0.2, 0) is 9.59 Å². The van der Waals surface area contributed by atoms with Gasteiger partial charge in [0, 0.05) is 18.5 Å². The summed E-state index contributed by atoms with van der Waals surface area (Å²) >= 11 is 0. The highest BCUT2D eigenvalue weighted by atomic mass is 16.4. The molecule has 0 aliphatic heterocycles. The van der Waals surface area contributed by atoms with Crippen LogP contribution in [0.4, 0.5) is 0 Å². The molecule has 1 amide bonds. The lowest BCUT2D eigenvalue weighted by Gasteiger charge is -2.28. The van der Waals surface area contributed by atoms with Crippen LogP contribution < -0.4 is 0 Å². The van der Waals surface area contributed by atoms with Crippen molar-refractivity contribution in [1.82, 2.24) is 4.90 Å². The molecule has 0 bridgehead atoms. The maximum atomic E-state index is 12.6. The Morgan fingerprint density at radius 1 is 1.32 bits per heavy atom. The molecule has 4 heteroatoms. The number of hydrogen-bond acceptors (Lipinski definition) is 2. The smallest absolute Gasteiger partial charge is 0.308 e. The van der Waals surface area contributed by atoms with E-state index in [0.717, 1.165) is 38.5 Å². The van der Waals surface area contributed by atoms with Crippen molar-refractivity contribution in [3.63, 3.8) is 0 Å². The number of rotatable bonds is 9. The third-order valence-corrected chi connectivity index (χ3v) is 3.91. The molecule has 0 spiro atoms. The second kappa shape index (κ2) is 7.51. The Balaban J connectivity index is 2.63. The topological polar surface area (TPSA) is 57.6 Å². The summed E-state index contributed by atoms with van der Waals surface area (Å²) in [7, 11) is 0. The molecule has 1 aliphatic rings. The molecule has 1 N–H and O–H groups in total. The molecule has 0 heterocycles. The maximum Gasteiger partial charge on any atom is 0.308 e. The van der Waals surface area contributed by atoms with Gasteiger partial charge in [0.1, 0.15) is 0 Å². The Morgan fingerprint density at radius 3 is 2.37 bits per heavy atom. The Morgan fingerprint density at radius 2 is 1.95 bits per heavy atom. The molecule has 0 saturated heterocycles. The van der Waals surface area contributed by atoms with Gasteiger partial charge in [-0.05, 0) is 25.7 Å². The molecule has 4 nitrogen and oxygen atoms in total. The number of amides is 1. The van der Waals surface area contributed by atoms with Crippen LogP contribution in [0.3, 0.4) is 0 Å². The normalized spacial score (nSPS) is 17.8. The van der Waals surface area contributed by atoms with E-state index in [1.54, 1.807) is 6.92 Å². The molecule has 1 saturated carbocycles. The lowest BCUT2D eigenvalue weighted by molar-refractivity contribution is -0.144. The highest BCUT2D eigenvalue weighted by Crippen LogP contribution is 2.30. The molecule has 1 rings (SSSR count). The number of carboxylic acids is 1. The minimum Gasteiger partial charge on any atom is -0.481 e. The van der Waals surface area contributed by atoms with Gasteiger partial charge in [-0.25, -0.2) is 0 Å². The molecule has 2 unspecified atom stereocenters. The second-order valence-corrected chi connectivity index (χ2v) is 5.71. The van der Waals surface area contributed by atoms with Crippen molar-refractivity contribution >= 4 is 11.9 Å². The Kier molecular flexibility index (Phi) is 6.32. The van der Waals surface area contributed by atoms with E-state index in [1.165, 1.54) is 0 Å². The number of carbonyl (C=O) groups is 2. The van der Waals surface area contributed by atoms with Gasteiger partial charge >= 0.3 is 5.97 Å². The predicted molar refractivity (Wildman–Crippen MR) is 74.8 cm³/mol. The second-order valence-electron chi connectivity index (χ2n) is 5.71. The molecular formula is C15H27NO3. The molecule has 0 aromatic heterocycles. The SMILES string of the molecule is CCCCC(CC)C(=O)N(CC(C)C(=O)O)C1CC1. The molecule has 1 fully saturated rings. The highest BCUT2D eigenvalue weighted by Gasteiger charge is 2.36. The quantitative estimate of drug-likeness (QED) is 0.700. The summed E-state index contributed by atoms with van der Waals surface area (Å²) < 4.78 is 0. The monoisotopic (exact) mass is 269 g/mol. The van der Waals surface area contributed by atoms with Gasteiger partial charge in [-0.2, -0.15) is 0 Å². The van der Waals surface area contributed by atoms with E-state index >= 15 is 0 Å². The van der Waals surface area contributed by atoms with Gasteiger partial charge in [-0.1, -0.05) is 33.6 Å². The van der Waals surface area contributed by atoms with Crippen LogP contribution in [0.2, 0.25) is 0 Å².